The van der Waals surface area contributed by atoms with E-state index in [2.05, 4.69) is 11.0 Å². The van der Waals surface area contributed by atoms with Crippen molar-refractivity contribution in [1.29, 1.82) is 5.26 Å². The molecule has 0 aliphatic carbocycles. The molecule has 1 aliphatic heterocycles. The van der Waals surface area contributed by atoms with Gasteiger partial charge in [-0.15, -0.1) is 0 Å². The monoisotopic (exact) mass is 442 g/mol. The smallest absolute Gasteiger partial charge is 0.270 e. The van der Waals surface area contributed by atoms with Gasteiger partial charge in [0.2, 0.25) is 0 Å². The van der Waals surface area contributed by atoms with E-state index in [1.165, 1.54) is 0 Å². The molecule has 7 nitrogen and oxygen atoms in total. The lowest BCUT2D eigenvalue weighted by molar-refractivity contribution is 0.340. The highest BCUT2D eigenvalue weighted by Gasteiger charge is 2.28. The molecule has 5 rings (SSSR count). The van der Waals surface area contributed by atoms with Gasteiger partial charge in [0.15, 0.2) is 11.5 Å². The largest absolute Gasteiger partial charge is 0.494 e. The van der Waals surface area contributed by atoms with E-state index in [0.717, 1.165) is 52.0 Å². The summed E-state index contributed by atoms with van der Waals surface area (Å²) in [6, 6.07) is 13.9. The molecule has 0 N–H and O–H groups in total. The average Bonchev–Trinajstić information content (AvgIpc) is 3.25. The first-order chi connectivity index (χ1) is 16.0. The van der Waals surface area contributed by atoms with Crippen molar-refractivity contribution in [2.24, 2.45) is 7.05 Å². The Hall–Kier alpha value is -3.79. The number of anilines is 1. The average molecular weight is 443 g/mol. The Balaban J connectivity index is 1.50. The molecule has 1 fully saturated rings. The maximum atomic E-state index is 13.0. The first kappa shape index (κ1) is 21.1. The number of fused-ring (bicyclic) bond motifs is 2. The Morgan fingerprint density at radius 1 is 1.21 bits per heavy atom. The van der Waals surface area contributed by atoms with Crippen LogP contribution in [-0.4, -0.2) is 29.2 Å². The Kier molecular flexibility index (Phi) is 5.29. The second-order valence-electron chi connectivity index (χ2n) is 8.60. The fourth-order valence-corrected chi connectivity index (χ4v) is 4.78. The minimum atomic E-state index is -0.277. The van der Waals surface area contributed by atoms with Crippen LogP contribution in [0.3, 0.4) is 0 Å². The third-order valence-electron chi connectivity index (χ3n) is 6.48. The molecular weight excluding hydrogens is 416 g/mol. The molecule has 0 saturated carbocycles. The van der Waals surface area contributed by atoms with Gasteiger partial charge in [-0.1, -0.05) is 6.07 Å². The van der Waals surface area contributed by atoms with Crippen LogP contribution in [0.25, 0.3) is 22.0 Å². The zero-order valence-corrected chi connectivity index (χ0v) is 19.1. The van der Waals surface area contributed by atoms with Crippen LogP contribution in [0, 0.1) is 18.3 Å². The van der Waals surface area contributed by atoms with E-state index in [0.29, 0.717) is 25.4 Å². The summed E-state index contributed by atoms with van der Waals surface area (Å²) in [7, 11) is 1.71. The molecule has 2 aromatic heterocycles. The summed E-state index contributed by atoms with van der Waals surface area (Å²) in [6.07, 6.45) is 1.66. The standard InChI is InChI=1S/C26H26N4O3/c1-4-32-18-6-7-22-19(14-18)24(20(15-27)26(31)29(22)3)30-11-9-17(10-12-30)25-28-21-13-16(2)5-8-23(21)33-25/h5-8,13-14,17H,4,9-12H2,1-3H3. The number of benzene rings is 2. The Labute approximate surface area is 191 Å². The van der Waals surface area contributed by atoms with E-state index in [1.807, 2.05) is 50.2 Å². The van der Waals surface area contributed by atoms with Crippen LogP contribution in [0.2, 0.25) is 0 Å². The number of rotatable bonds is 4. The number of nitriles is 1. The molecule has 4 aromatic rings. The van der Waals surface area contributed by atoms with E-state index < -0.39 is 0 Å². The van der Waals surface area contributed by atoms with Gasteiger partial charge >= 0.3 is 0 Å². The van der Waals surface area contributed by atoms with Crippen molar-refractivity contribution in [3.63, 3.8) is 0 Å². The number of pyridine rings is 1. The van der Waals surface area contributed by atoms with Crippen LogP contribution in [0.15, 0.2) is 45.6 Å². The van der Waals surface area contributed by atoms with Crippen LogP contribution in [0.5, 0.6) is 5.75 Å². The summed E-state index contributed by atoms with van der Waals surface area (Å²) in [5.74, 6) is 1.70. The number of hydrogen-bond donors (Lipinski definition) is 0. The van der Waals surface area contributed by atoms with Crippen LogP contribution >= 0.6 is 0 Å². The van der Waals surface area contributed by atoms with Crippen LogP contribution < -0.4 is 15.2 Å². The van der Waals surface area contributed by atoms with Crippen molar-refractivity contribution in [1.82, 2.24) is 9.55 Å². The van der Waals surface area contributed by atoms with E-state index >= 15 is 0 Å². The third-order valence-corrected chi connectivity index (χ3v) is 6.48. The summed E-state index contributed by atoms with van der Waals surface area (Å²) in [5, 5.41) is 10.7. The molecule has 33 heavy (non-hydrogen) atoms. The Bertz CT molecular complexity index is 1450. The Morgan fingerprint density at radius 2 is 2.00 bits per heavy atom. The predicted molar refractivity (Wildman–Crippen MR) is 128 cm³/mol. The fraction of sp³-hybridized carbons (Fsp3) is 0.346. The number of ether oxygens (including phenoxy) is 1. The topological polar surface area (TPSA) is 84.3 Å². The van der Waals surface area contributed by atoms with Crippen LogP contribution in [-0.2, 0) is 7.05 Å². The summed E-state index contributed by atoms with van der Waals surface area (Å²) >= 11 is 0. The fourth-order valence-electron chi connectivity index (χ4n) is 4.78. The third kappa shape index (κ3) is 3.62. The van der Waals surface area contributed by atoms with Gasteiger partial charge in [-0.2, -0.15) is 5.26 Å². The number of nitrogens with zero attached hydrogens (tertiary/aromatic N) is 4. The molecule has 0 spiro atoms. The van der Waals surface area contributed by atoms with Crippen molar-refractivity contribution >= 4 is 27.7 Å². The maximum absolute atomic E-state index is 13.0. The lowest BCUT2D eigenvalue weighted by Crippen LogP contribution is -2.35. The van der Waals surface area contributed by atoms with E-state index in [-0.39, 0.29) is 17.0 Å². The normalized spacial score (nSPS) is 14.7. The molecule has 0 radical (unpaired) electrons. The number of piperidine rings is 1. The van der Waals surface area contributed by atoms with Gasteiger partial charge < -0.3 is 18.6 Å². The van der Waals surface area contributed by atoms with Crippen LogP contribution in [0.1, 0.15) is 42.7 Å². The lowest BCUT2D eigenvalue weighted by Gasteiger charge is -2.33. The van der Waals surface area contributed by atoms with E-state index in [4.69, 9.17) is 14.1 Å². The Morgan fingerprint density at radius 3 is 2.73 bits per heavy atom. The van der Waals surface area contributed by atoms with Crippen molar-refractivity contribution < 1.29 is 9.15 Å². The summed E-state index contributed by atoms with van der Waals surface area (Å²) in [6.45, 7) is 5.94. The zero-order chi connectivity index (χ0) is 23.1. The summed E-state index contributed by atoms with van der Waals surface area (Å²) in [4.78, 5) is 19.8. The molecule has 2 aromatic carbocycles. The maximum Gasteiger partial charge on any atom is 0.270 e. The summed E-state index contributed by atoms with van der Waals surface area (Å²) < 4.78 is 13.3. The molecule has 7 heteroatoms. The number of aryl methyl sites for hydroxylation is 2. The zero-order valence-electron chi connectivity index (χ0n) is 19.1. The second kappa shape index (κ2) is 8.28. The van der Waals surface area contributed by atoms with Crippen molar-refractivity contribution in [3.8, 4) is 11.8 Å². The lowest BCUT2D eigenvalue weighted by atomic mass is 9.95. The van der Waals surface area contributed by atoms with Crippen molar-refractivity contribution in [2.45, 2.75) is 32.6 Å². The molecular formula is C26H26N4O3. The highest BCUT2D eigenvalue weighted by molar-refractivity contribution is 5.96. The van der Waals surface area contributed by atoms with Crippen LogP contribution in [0.4, 0.5) is 5.69 Å². The van der Waals surface area contributed by atoms with Crippen molar-refractivity contribution in [2.75, 3.05) is 24.6 Å². The van der Waals surface area contributed by atoms with Gasteiger partial charge in [-0.05, 0) is 62.6 Å². The highest BCUT2D eigenvalue weighted by Crippen LogP contribution is 2.36. The van der Waals surface area contributed by atoms with Gasteiger partial charge in [-0.25, -0.2) is 4.98 Å². The minimum absolute atomic E-state index is 0.175. The molecule has 0 unspecified atom stereocenters. The molecule has 0 bridgehead atoms. The molecule has 168 valence electrons. The second-order valence-corrected chi connectivity index (χ2v) is 8.60. The minimum Gasteiger partial charge on any atom is -0.494 e. The number of aromatic nitrogens is 2. The number of oxazole rings is 1. The molecule has 1 saturated heterocycles. The molecule has 3 heterocycles. The van der Waals surface area contributed by atoms with E-state index in [1.54, 1.807) is 11.6 Å². The molecule has 1 aliphatic rings. The highest BCUT2D eigenvalue weighted by atomic mass is 16.5. The van der Waals surface area contributed by atoms with E-state index in [9.17, 15) is 10.1 Å². The molecule has 0 amide bonds. The van der Waals surface area contributed by atoms with Crippen molar-refractivity contribution in [3.05, 3.63) is 63.8 Å². The first-order valence-electron chi connectivity index (χ1n) is 11.3. The molecule has 0 atom stereocenters. The SMILES string of the molecule is CCOc1ccc2c(c1)c(N1CCC(c3nc4cc(C)ccc4o3)CC1)c(C#N)c(=O)n2C. The van der Waals surface area contributed by atoms with Gasteiger partial charge in [0, 0.05) is 31.4 Å². The summed E-state index contributed by atoms with van der Waals surface area (Å²) in [5.41, 5.74) is 4.24. The first-order valence-corrected chi connectivity index (χ1v) is 11.3. The predicted octanol–water partition coefficient (Wildman–Crippen LogP) is 4.64. The quantitative estimate of drug-likeness (QED) is 0.458. The van der Waals surface area contributed by atoms with Gasteiger partial charge in [0.25, 0.3) is 5.56 Å². The van der Waals surface area contributed by atoms with Gasteiger partial charge in [-0.3, -0.25) is 4.79 Å². The number of hydrogen-bond acceptors (Lipinski definition) is 6. The van der Waals surface area contributed by atoms with Gasteiger partial charge in [0.05, 0.1) is 17.8 Å². The van der Waals surface area contributed by atoms with Gasteiger partial charge in [0.1, 0.15) is 22.9 Å².